The van der Waals surface area contributed by atoms with Gasteiger partial charge in [-0.3, -0.25) is 9.97 Å². The van der Waals surface area contributed by atoms with E-state index in [1.54, 1.807) is 0 Å². The van der Waals surface area contributed by atoms with Crippen LogP contribution in [0.2, 0.25) is 0 Å². The third-order valence-electron chi connectivity index (χ3n) is 15.6. The van der Waals surface area contributed by atoms with Crippen molar-refractivity contribution in [3.63, 3.8) is 0 Å². The maximum atomic E-state index is 8.07. The van der Waals surface area contributed by atoms with E-state index in [9.17, 15) is 0 Å². The van der Waals surface area contributed by atoms with Gasteiger partial charge in [0.1, 0.15) is 11.5 Å². The molecule has 0 fully saturated rings. The first-order valence-electron chi connectivity index (χ1n) is 24.6. The molecule has 0 saturated carbocycles. The van der Waals surface area contributed by atoms with E-state index in [2.05, 4.69) is 213 Å². The predicted octanol–water partition coefficient (Wildman–Crippen LogP) is 16.5. The molecular formula is C66H38N6O. The molecule has 9 aromatic carbocycles. The fourth-order valence-electron chi connectivity index (χ4n) is 12.7. The minimum Gasteiger partial charge on any atom is -0.457 e. The van der Waals surface area contributed by atoms with Crippen LogP contribution in [0.3, 0.4) is 0 Å². The van der Waals surface area contributed by atoms with Crippen LogP contribution in [0.25, 0.3) is 110 Å². The van der Waals surface area contributed by atoms with Gasteiger partial charge in [0.15, 0.2) is 5.69 Å². The van der Waals surface area contributed by atoms with Gasteiger partial charge in [0.2, 0.25) is 0 Å². The van der Waals surface area contributed by atoms with Gasteiger partial charge >= 0.3 is 0 Å². The second-order valence-electron chi connectivity index (χ2n) is 19.2. The largest absolute Gasteiger partial charge is 0.457 e. The first kappa shape index (κ1) is 39.8. The summed E-state index contributed by atoms with van der Waals surface area (Å²) in [7, 11) is 0. The molecule has 0 radical (unpaired) electrons. The summed E-state index contributed by atoms with van der Waals surface area (Å²) in [5.41, 5.74) is 17.7. The molecule has 6 heterocycles. The van der Waals surface area contributed by atoms with Crippen LogP contribution in [0, 0.1) is 6.57 Å². The zero-order valence-corrected chi connectivity index (χ0v) is 39.0. The average molecular weight is 931 g/mol. The average Bonchev–Trinajstić information content (AvgIpc) is 4.17. The Kier molecular flexibility index (Phi) is 8.04. The maximum absolute atomic E-state index is 8.07. The van der Waals surface area contributed by atoms with E-state index < -0.39 is 5.41 Å². The van der Waals surface area contributed by atoms with Gasteiger partial charge in [-0.05, 0) is 113 Å². The van der Waals surface area contributed by atoms with Crippen molar-refractivity contribution in [3.05, 3.63) is 264 Å². The summed E-state index contributed by atoms with van der Waals surface area (Å²) in [4.78, 5) is 13.9. The summed E-state index contributed by atoms with van der Waals surface area (Å²) in [5, 5.41) is 6.91. The highest BCUT2D eigenvalue weighted by Gasteiger charge is 2.52. The Morgan fingerprint density at radius 2 is 0.822 bits per heavy atom. The van der Waals surface area contributed by atoms with Gasteiger partial charge in [0.05, 0.1) is 67.8 Å². The summed E-state index contributed by atoms with van der Waals surface area (Å²) in [5.74, 6) is 1.55. The lowest BCUT2D eigenvalue weighted by Crippen LogP contribution is -2.32. The standard InChI is InChI=1S/C66H38N6O/c1-67-42-28-33-59-49(38-42)48-36-40(27-32-58(48)72(59)61-25-11-10-24-60(61)71-56-22-8-4-16-46(56)47-17-5-9-23-57(47)71)41-26-30-50-62(37-41)73-63-39-43(70-54-20-6-2-14-44(54)45-15-3-7-21-55(45)70)29-31-51(63)66(50)52-18-12-34-68-64(52)65-53(66)19-13-35-69-65/h2-39H. The minimum atomic E-state index is -0.745. The molecule has 73 heavy (non-hydrogen) atoms. The molecule has 14 aromatic rings. The lowest BCUT2D eigenvalue weighted by atomic mass is 9.66. The quantitative estimate of drug-likeness (QED) is 0.165. The van der Waals surface area contributed by atoms with E-state index in [4.69, 9.17) is 21.3 Å². The van der Waals surface area contributed by atoms with E-state index in [1.807, 2.05) is 36.7 Å². The van der Waals surface area contributed by atoms with Crippen LogP contribution in [-0.2, 0) is 5.41 Å². The molecule has 0 atom stereocenters. The zero-order chi connectivity index (χ0) is 47.9. The zero-order valence-electron chi connectivity index (χ0n) is 39.0. The third-order valence-corrected chi connectivity index (χ3v) is 15.6. The van der Waals surface area contributed by atoms with Crippen molar-refractivity contribution in [2.45, 2.75) is 5.41 Å². The Balaban J connectivity index is 0.905. The minimum absolute atomic E-state index is 0.597. The number of nitrogens with zero attached hydrogens (tertiary/aromatic N) is 6. The molecule has 1 aliphatic heterocycles. The molecule has 0 saturated heterocycles. The molecule has 0 N–H and O–H groups in total. The SMILES string of the molecule is [C-]#[N+]c1ccc2c(c1)c1cc(-c3ccc4c(c3)Oc3cc(-n5c6ccccc6c6ccccc65)ccc3C43c4cccnc4-c4ncccc43)ccc1n2-c1ccccc1-n1c2ccccc2c2ccccc21. The molecule has 0 bridgehead atoms. The molecule has 5 aromatic heterocycles. The summed E-state index contributed by atoms with van der Waals surface area (Å²) in [6, 6.07) is 77.8. The summed E-state index contributed by atoms with van der Waals surface area (Å²) >= 11 is 0. The van der Waals surface area contributed by atoms with Crippen LogP contribution in [-0.4, -0.2) is 23.7 Å². The number of para-hydroxylation sites is 6. The van der Waals surface area contributed by atoms with Crippen LogP contribution in [0.4, 0.5) is 5.69 Å². The molecule has 0 unspecified atom stereocenters. The summed E-state index contributed by atoms with van der Waals surface area (Å²) < 4.78 is 14.4. The Morgan fingerprint density at radius 3 is 1.40 bits per heavy atom. The normalized spacial score (nSPS) is 13.1. The molecule has 1 aliphatic carbocycles. The Morgan fingerprint density at radius 1 is 0.370 bits per heavy atom. The number of fused-ring (bicyclic) bond motifs is 18. The van der Waals surface area contributed by atoms with Gasteiger partial charge < -0.3 is 18.4 Å². The maximum Gasteiger partial charge on any atom is 0.188 e. The first-order valence-corrected chi connectivity index (χ1v) is 24.6. The van der Waals surface area contributed by atoms with Crippen LogP contribution in [0.1, 0.15) is 22.3 Å². The first-order chi connectivity index (χ1) is 36.2. The van der Waals surface area contributed by atoms with Crippen LogP contribution < -0.4 is 4.74 Å². The monoisotopic (exact) mass is 930 g/mol. The van der Waals surface area contributed by atoms with E-state index in [-0.39, 0.29) is 0 Å². The number of ether oxygens (including phenoxy) is 1. The van der Waals surface area contributed by atoms with Gasteiger partial charge in [0.25, 0.3) is 0 Å². The Bertz CT molecular complexity index is 4600. The number of hydrogen-bond donors (Lipinski definition) is 0. The molecule has 2 aliphatic rings. The second kappa shape index (κ2) is 14.8. The van der Waals surface area contributed by atoms with Crippen molar-refractivity contribution in [2.24, 2.45) is 0 Å². The second-order valence-corrected chi connectivity index (χ2v) is 19.2. The van der Waals surface area contributed by atoms with Crippen molar-refractivity contribution in [3.8, 4) is 51.1 Å². The molecule has 7 heteroatoms. The third kappa shape index (κ3) is 5.30. The van der Waals surface area contributed by atoms with Gasteiger partial charge in [-0.15, -0.1) is 0 Å². The van der Waals surface area contributed by atoms with E-state index in [0.29, 0.717) is 5.69 Å². The topological polar surface area (TPSA) is 54.2 Å². The van der Waals surface area contributed by atoms with Gasteiger partial charge in [0, 0.05) is 62.2 Å². The van der Waals surface area contributed by atoms with E-state index in [0.717, 1.165) is 117 Å². The summed E-state index contributed by atoms with van der Waals surface area (Å²) in [6.45, 7) is 8.07. The van der Waals surface area contributed by atoms with E-state index >= 15 is 0 Å². The van der Waals surface area contributed by atoms with Gasteiger partial charge in [-0.25, -0.2) is 4.85 Å². The van der Waals surface area contributed by atoms with Crippen molar-refractivity contribution < 1.29 is 4.74 Å². The van der Waals surface area contributed by atoms with Crippen LogP contribution in [0.5, 0.6) is 11.5 Å². The highest BCUT2D eigenvalue weighted by molar-refractivity contribution is 6.13. The van der Waals surface area contributed by atoms with Gasteiger partial charge in [-0.2, -0.15) is 0 Å². The smallest absolute Gasteiger partial charge is 0.188 e. The van der Waals surface area contributed by atoms with Crippen molar-refractivity contribution in [1.29, 1.82) is 0 Å². The molecular weight excluding hydrogens is 893 g/mol. The van der Waals surface area contributed by atoms with Crippen LogP contribution >= 0.6 is 0 Å². The number of rotatable bonds is 4. The lowest BCUT2D eigenvalue weighted by Gasteiger charge is -2.39. The van der Waals surface area contributed by atoms with Crippen LogP contribution in [0.15, 0.2) is 231 Å². The number of aromatic nitrogens is 5. The number of pyridine rings is 2. The predicted molar refractivity (Wildman–Crippen MR) is 294 cm³/mol. The molecule has 0 amide bonds. The van der Waals surface area contributed by atoms with Crippen molar-refractivity contribution in [1.82, 2.24) is 23.7 Å². The highest BCUT2D eigenvalue weighted by atomic mass is 16.5. The van der Waals surface area contributed by atoms with E-state index in [1.165, 1.54) is 21.5 Å². The molecule has 7 nitrogen and oxygen atoms in total. The molecule has 16 rings (SSSR count). The Hall–Kier alpha value is -10.0. The highest BCUT2D eigenvalue weighted by Crippen LogP contribution is 2.62. The summed E-state index contributed by atoms with van der Waals surface area (Å²) in [6.07, 6.45) is 3.73. The fraction of sp³-hybridized carbons (Fsp3) is 0.0152. The van der Waals surface area contributed by atoms with Crippen molar-refractivity contribution in [2.75, 3.05) is 0 Å². The lowest BCUT2D eigenvalue weighted by molar-refractivity contribution is 0.436. The Labute approximate surface area is 418 Å². The van der Waals surface area contributed by atoms with Crippen molar-refractivity contribution >= 4 is 71.1 Å². The number of benzene rings is 9. The van der Waals surface area contributed by atoms with Gasteiger partial charge in [-0.1, -0.05) is 127 Å². The molecule has 1 spiro atoms. The number of hydrogen-bond acceptors (Lipinski definition) is 3. The molecule has 338 valence electrons. The fourth-order valence-corrected chi connectivity index (χ4v) is 12.7.